The van der Waals surface area contributed by atoms with E-state index in [4.69, 9.17) is 10.5 Å². The summed E-state index contributed by atoms with van der Waals surface area (Å²) in [7, 11) is 0. The van der Waals surface area contributed by atoms with Crippen molar-refractivity contribution in [2.45, 2.75) is 38.5 Å². The van der Waals surface area contributed by atoms with Gasteiger partial charge in [0.1, 0.15) is 12.4 Å². The number of para-hydroxylation sites is 2. The van der Waals surface area contributed by atoms with Crippen LogP contribution in [0, 0.1) is 5.41 Å². The second kappa shape index (κ2) is 6.04. The first-order valence-electron chi connectivity index (χ1n) is 7.97. The number of likely N-dealkylation sites (tertiary alicyclic amines) is 1. The quantitative estimate of drug-likeness (QED) is 0.856. The molecule has 0 amide bonds. The summed E-state index contributed by atoms with van der Waals surface area (Å²) < 4.78 is 5.79. The summed E-state index contributed by atoms with van der Waals surface area (Å²) in [6, 6.07) is 7.74. The Kier molecular flexibility index (Phi) is 4.16. The Morgan fingerprint density at radius 1 is 1.05 bits per heavy atom. The van der Waals surface area contributed by atoms with Gasteiger partial charge in [0.2, 0.25) is 0 Å². The molecule has 20 heavy (non-hydrogen) atoms. The van der Waals surface area contributed by atoms with E-state index in [1.165, 1.54) is 51.6 Å². The number of hydrogen-bond donors (Lipinski definition) is 1. The number of hydrogen-bond acceptors (Lipinski definition) is 3. The Balaban J connectivity index is 1.41. The second-order valence-corrected chi connectivity index (χ2v) is 6.44. The lowest BCUT2D eigenvalue weighted by molar-refractivity contribution is 0.0962. The number of benzene rings is 1. The summed E-state index contributed by atoms with van der Waals surface area (Å²) in [6.45, 7) is 4.24. The third-order valence-electron chi connectivity index (χ3n) is 5.17. The van der Waals surface area contributed by atoms with Gasteiger partial charge < -0.3 is 10.5 Å². The number of ether oxygens (including phenoxy) is 1. The van der Waals surface area contributed by atoms with Crippen molar-refractivity contribution >= 4 is 5.69 Å². The monoisotopic (exact) mass is 274 g/mol. The highest BCUT2D eigenvalue weighted by Crippen LogP contribution is 2.45. The molecule has 0 unspecified atom stereocenters. The van der Waals surface area contributed by atoms with Gasteiger partial charge in [0, 0.05) is 6.54 Å². The summed E-state index contributed by atoms with van der Waals surface area (Å²) in [4.78, 5) is 2.54. The van der Waals surface area contributed by atoms with Crippen LogP contribution >= 0.6 is 0 Å². The maximum Gasteiger partial charge on any atom is 0.142 e. The van der Waals surface area contributed by atoms with Crippen LogP contribution in [-0.4, -0.2) is 31.1 Å². The van der Waals surface area contributed by atoms with E-state index in [0.29, 0.717) is 5.41 Å². The average molecular weight is 274 g/mol. The molecule has 2 fully saturated rings. The summed E-state index contributed by atoms with van der Waals surface area (Å²) in [5.74, 6) is 0.816. The van der Waals surface area contributed by atoms with Crippen LogP contribution in [0.25, 0.3) is 0 Å². The van der Waals surface area contributed by atoms with Crippen molar-refractivity contribution in [1.82, 2.24) is 4.90 Å². The van der Waals surface area contributed by atoms with Gasteiger partial charge in [-0.2, -0.15) is 0 Å². The Hall–Kier alpha value is -1.22. The van der Waals surface area contributed by atoms with E-state index in [-0.39, 0.29) is 0 Å². The highest BCUT2D eigenvalue weighted by molar-refractivity contribution is 5.51. The predicted octanol–water partition coefficient (Wildman–Crippen LogP) is 3.30. The molecular formula is C17H26N2O. The van der Waals surface area contributed by atoms with E-state index in [2.05, 4.69) is 4.90 Å². The predicted molar refractivity (Wildman–Crippen MR) is 82.9 cm³/mol. The molecule has 2 N–H and O–H groups in total. The van der Waals surface area contributed by atoms with Crippen LogP contribution in [0.4, 0.5) is 5.69 Å². The molecule has 1 aliphatic heterocycles. The van der Waals surface area contributed by atoms with Gasteiger partial charge in [-0.05, 0) is 56.3 Å². The van der Waals surface area contributed by atoms with E-state index >= 15 is 0 Å². The minimum absolute atomic E-state index is 0.710. The van der Waals surface area contributed by atoms with Gasteiger partial charge in [0.25, 0.3) is 0 Å². The van der Waals surface area contributed by atoms with Crippen molar-refractivity contribution in [3.8, 4) is 5.75 Å². The Morgan fingerprint density at radius 2 is 1.75 bits per heavy atom. The maximum atomic E-state index is 5.88. The molecule has 2 aliphatic rings. The molecule has 0 aromatic heterocycles. The summed E-state index contributed by atoms with van der Waals surface area (Å²) in [5, 5.41) is 0. The standard InChI is InChI=1S/C17H26N2O/c18-15-5-1-2-6-16(15)20-14-13-19-11-9-17(10-12-19)7-3-4-8-17/h1-2,5-6H,3-4,7-14,18H2. The molecule has 1 heterocycles. The van der Waals surface area contributed by atoms with E-state index in [1.54, 1.807) is 0 Å². The van der Waals surface area contributed by atoms with Gasteiger partial charge in [-0.15, -0.1) is 0 Å². The minimum atomic E-state index is 0.710. The molecule has 3 heteroatoms. The van der Waals surface area contributed by atoms with E-state index in [0.717, 1.165) is 24.6 Å². The van der Waals surface area contributed by atoms with Crippen molar-refractivity contribution in [2.75, 3.05) is 32.0 Å². The van der Waals surface area contributed by atoms with Crippen molar-refractivity contribution in [3.05, 3.63) is 24.3 Å². The fourth-order valence-electron chi connectivity index (χ4n) is 3.77. The summed E-state index contributed by atoms with van der Waals surface area (Å²) >= 11 is 0. The molecule has 3 nitrogen and oxygen atoms in total. The number of nitrogens with zero attached hydrogens (tertiary/aromatic N) is 1. The van der Waals surface area contributed by atoms with Gasteiger partial charge in [-0.3, -0.25) is 4.90 Å². The van der Waals surface area contributed by atoms with E-state index in [1.807, 2.05) is 24.3 Å². The maximum absolute atomic E-state index is 5.88. The van der Waals surface area contributed by atoms with Gasteiger partial charge in [0.05, 0.1) is 5.69 Å². The van der Waals surface area contributed by atoms with Crippen LogP contribution in [0.1, 0.15) is 38.5 Å². The lowest BCUT2D eigenvalue weighted by Gasteiger charge is -2.39. The van der Waals surface area contributed by atoms with Crippen molar-refractivity contribution in [1.29, 1.82) is 0 Å². The van der Waals surface area contributed by atoms with Gasteiger partial charge >= 0.3 is 0 Å². The Morgan fingerprint density at radius 3 is 2.45 bits per heavy atom. The minimum Gasteiger partial charge on any atom is -0.490 e. The second-order valence-electron chi connectivity index (χ2n) is 6.44. The molecule has 1 aromatic carbocycles. The number of nitrogens with two attached hydrogens (primary N) is 1. The SMILES string of the molecule is Nc1ccccc1OCCN1CCC2(CCCC2)CC1. The molecule has 1 spiro atoms. The van der Waals surface area contributed by atoms with Gasteiger partial charge in [-0.1, -0.05) is 25.0 Å². The lowest BCUT2D eigenvalue weighted by atomic mass is 9.77. The first-order valence-corrected chi connectivity index (χ1v) is 7.97. The van der Waals surface area contributed by atoms with Crippen LogP contribution in [0.15, 0.2) is 24.3 Å². The zero-order chi connectivity index (χ0) is 13.8. The average Bonchev–Trinajstić information content (AvgIpc) is 2.92. The molecule has 1 saturated carbocycles. The molecule has 0 radical (unpaired) electrons. The summed E-state index contributed by atoms with van der Waals surface area (Å²) in [6.07, 6.45) is 8.63. The molecule has 1 saturated heterocycles. The molecule has 1 aliphatic carbocycles. The third kappa shape index (κ3) is 3.09. The van der Waals surface area contributed by atoms with Gasteiger partial charge in [0.15, 0.2) is 0 Å². The van der Waals surface area contributed by atoms with Crippen molar-refractivity contribution < 1.29 is 4.74 Å². The number of rotatable bonds is 4. The largest absolute Gasteiger partial charge is 0.490 e. The van der Waals surface area contributed by atoms with Crippen LogP contribution < -0.4 is 10.5 Å². The normalized spacial score (nSPS) is 22.2. The highest BCUT2D eigenvalue weighted by atomic mass is 16.5. The lowest BCUT2D eigenvalue weighted by Crippen LogP contribution is -2.40. The topological polar surface area (TPSA) is 38.5 Å². The number of anilines is 1. The zero-order valence-electron chi connectivity index (χ0n) is 12.3. The first-order chi connectivity index (χ1) is 9.77. The molecule has 110 valence electrons. The van der Waals surface area contributed by atoms with Crippen molar-refractivity contribution in [3.63, 3.8) is 0 Å². The molecule has 3 rings (SSSR count). The third-order valence-corrected chi connectivity index (χ3v) is 5.17. The number of piperidine rings is 1. The fraction of sp³-hybridized carbons (Fsp3) is 0.647. The van der Waals surface area contributed by atoms with Crippen LogP contribution in [0.5, 0.6) is 5.75 Å². The van der Waals surface area contributed by atoms with Crippen LogP contribution in [-0.2, 0) is 0 Å². The Labute approximate surface area is 122 Å². The van der Waals surface area contributed by atoms with E-state index in [9.17, 15) is 0 Å². The molecule has 0 atom stereocenters. The molecule has 0 bridgehead atoms. The summed E-state index contributed by atoms with van der Waals surface area (Å²) in [5.41, 5.74) is 7.32. The molecular weight excluding hydrogens is 248 g/mol. The van der Waals surface area contributed by atoms with Crippen molar-refractivity contribution in [2.24, 2.45) is 5.41 Å². The Bertz CT molecular complexity index is 430. The fourth-order valence-corrected chi connectivity index (χ4v) is 3.77. The van der Waals surface area contributed by atoms with E-state index < -0.39 is 0 Å². The smallest absolute Gasteiger partial charge is 0.142 e. The van der Waals surface area contributed by atoms with Crippen LogP contribution in [0.3, 0.4) is 0 Å². The first kappa shape index (κ1) is 13.7. The molecule has 1 aromatic rings. The zero-order valence-corrected chi connectivity index (χ0v) is 12.3. The number of nitrogen functional groups attached to an aromatic ring is 1. The van der Waals surface area contributed by atoms with Crippen LogP contribution in [0.2, 0.25) is 0 Å². The van der Waals surface area contributed by atoms with Gasteiger partial charge in [-0.25, -0.2) is 0 Å². The highest BCUT2D eigenvalue weighted by Gasteiger charge is 2.36.